The molecule has 1 unspecified atom stereocenters. The summed E-state index contributed by atoms with van der Waals surface area (Å²) in [6.07, 6.45) is 0. The van der Waals surface area contributed by atoms with Gasteiger partial charge in [-0.2, -0.15) is 0 Å². The van der Waals surface area contributed by atoms with E-state index in [-0.39, 0.29) is 5.92 Å². The predicted molar refractivity (Wildman–Crippen MR) is 65.5 cm³/mol. The molecule has 0 aliphatic carbocycles. The number of amides is 2. The van der Waals surface area contributed by atoms with Gasteiger partial charge < -0.3 is 25.2 Å². The van der Waals surface area contributed by atoms with Crippen LogP contribution in [0.15, 0.2) is 0 Å². The smallest absolute Gasteiger partial charge is 0.326 e. The van der Waals surface area contributed by atoms with E-state index in [2.05, 4.69) is 10.6 Å². The normalized spacial score (nSPS) is 12.2. The van der Waals surface area contributed by atoms with Crippen LogP contribution in [0, 0.1) is 5.92 Å². The van der Waals surface area contributed by atoms with Crippen molar-refractivity contribution in [3.8, 4) is 0 Å². The summed E-state index contributed by atoms with van der Waals surface area (Å²) in [7, 11) is 1.58. The maximum Gasteiger partial charge on any atom is 0.326 e. The number of urea groups is 1. The minimum absolute atomic E-state index is 0.175. The maximum atomic E-state index is 11.4. The summed E-state index contributed by atoms with van der Waals surface area (Å²) in [5.41, 5.74) is 0. The van der Waals surface area contributed by atoms with E-state index in [1.807, 2.05) is 0 Å². The number of hydrogen-bond acceptors (Lipinski definition) is 4. The first kappa shape index (κ1) is 16.7. The molecule has 106 valence electrons. The second-order valence-corrected chi connectivity index (χ2v) is 4.07. The first-order chi connectivity index (χ1) is 8.49. The molecule has 0 saturated carbocycles. The fourth-order valence-corrected chi connectivity index (χ4v) is 1.19. The van der Waals surface area contributed by atoms with E-state index in [1.54, 1.807) is 21.0 Å². The predicted octanol–water partition coefficient (Wildman–Crippen LogP) is 0.0578. The number of ether oxygens (including phenoxy) is 2. The number of rotatable bonds is 9. The van der Waals surface area contributed by atoms with E-state index in [1.165, 1.54) is 0 Å². The lowest BCUT2D eigenvalue weighted by Crippen LogP contribution is -2.49. The van der Waals surface area contributed by atoms with Crippen molar-refractivity contribution in [2.75, 3.05) is 33.5 Å². The van der Waals surface area contributed by atoms with Gasteiger partial charge in [0.05, 0.1) is 19.8 Å². The molecule has 18 heavy (non-hydrogen) atoms. The number of carboxylic acids is 1. The maximum absolute atomic E-state index is 11.4. The average molecular weight is 262 g/mol. The number of aliphatic carboxylic acids is 1. The Kier molecular flexibility index (Phi) is 8.95. The minimum atomic E-state index is -1.04. The highest BCUT2D eigenvalue weighted by molar-refractivity contribution is 5.82. The van der Waals surface area contributed by atoms with Crippen molar-refractivity contribution in [2.45, 2.75) is 19.9 Å². The fourth-order valence-electron chi connectivity index (χ4n) is 1.19. The number of carbonyl (C=O) groups is 2. The highest BCUT2D eigenvalue weighted by Gasteiger charge is 2.22. The molecule has 0 spiro atoms. The molecular weight excluding hydrogens is 240 g/mol. The lowest BCUT2D eigenvalue weighted by atomic mass is 10.1. The zero-order valence-electron chi connectivity index (χ0n) is 11.1. The van der Waals surface area contributed by atoms with Gasteiger partial charge in [0.15, 0.2) is 0 Å². The van der Waals surface area contributed by atoms with Crippen LogP contribution >= 0.6 is 0 Å². The van der Waals surface area contributed by atoms with Crippen LogP contribution in [0.1, 0.15) is 13.8 Å². The van der Waals surface area contributed by atoms with Crippen molar-refractivity contribution in [3.05, 3.63) is 0 Å². The van der Waals surface area contributed by atoms with E-state index in [0.29, 0.717) is 26.4 Å². The first-order valence-corrected chi connectivity index (χ1v) is 5.83. The molecule has 0 aromatic rings. The SMILES string of the molecule is COCCOCCNC(=O)NC(C(=O)O)C(C)C. The van der Waals surface area contributed by atoms with Crippen LogP contribution in [0.5, 0.6) is 0 Å². The third kappa shape index (κ3) is 7.86. The topological polar surface area (TPSA) is 96.9 Å². The molecule has 0 rings (SSSR count). The summed E-state index contributed by atoms with van der Waals surface area (Å²) in [5, 5.41) is 13.8. The molecule has 0 radical (unpaired) electrons. The van der Waals surface area contributed by atoms with Crippen molar-refractivity contribution in [3.63, 3.8) is 0 Å². The van der Waals surface area contributed by atoms with Gasteiger partial charge in [-0.25, -0.2) is 9.59 Å². The summed E-state index contributed by atoms with van der Waals surface area (Å²) in [6.45, 7) is 5.10. The zero-order chi connectivity index (χ0) is 14.0. The second-order valence-electron chi connectivity index (χ2n) is 4.07. The van der Waals surface area contributed by atoms with Crippen LogP contribution in [-0.4, -0.2) is 56.6 Å². The first-order valence-electron chi connectivity index (χ1n) is 5.83. The molecule has 7 heteroatoms. The highest BCUT2D eigenvalue weighted by Crippen LogP contribution is 2.00. The molecule has 0 heterocycles. The van der Waals surface area contributed by atoms with Crippen LogP contribution in [0.3, 0.4) is 0 Å². The third-order valence-electron chi connectivity index (χ3n) is 2.18. The summed E-state index contributed by atoms with van der Waals surface area (Å²) < 4.78 is 9.93. The molecule has 0 saturated heterocycles. The molecule has 2 amide bonds. The molecule has 0 aromatic heterocycles. The van der Waals surface area contributed by atoms with Crippen LogP contribution < -0.4 is 10.6 Å². The van der Waals surface area contributed by atoms with Crippen molar-refractivity contribution < 1.29 is 24.2 Å². The largest absolute Gasteiger partial charge is 0.480 e. The molecule has 0 bridgehead atoms. The molecule has 3 N–H and O–H groups in total. The average Bonchev–Trinajstić information content (AvgIpc) is 2.29. The van der Waals surface area contributed by atoms with Crippen LogP contribution in [0.4, 0.5) is 4.79 Å². The van der Waals surface area contributed by atoms with Gasteiger partial charge >= 0.3 is 12.0 Å². The van der Waals surface area contributed by atoms with E-state index in [4.69, 9.17) is 14.6 Å². The Hall–Kier alpha value is -1.34. The van der Waals surface area contributed by atoms with Crippen molar-refractivity contribution >= 4 is 12.0 Å². The number of carboxylic acid groups (broad SMARTS) is 1. The van der Waals surface area contributed by atoms with Crippen molar-refractivity contribution in [1.82, 2.24) is 10.6 Å². The molecule has 7 nitrogen and oxygen atoms in total. The van der Waals surface area contributed by atoms with Gasteiger partial charge in [0.1, 0.15) is 6.04 Å². The Morgan fingerprint density at radius 2 is 1.89 bits per heavy atom. The fraction of sp³-hybridized carbons (Fsp3) is 0.818. The lowest BCUT2D eigenvalue weighted by molar-refractivity contribution is -0.140. The number of carbonyl (C=O) groups excluding carboxylic acids is 1. The van der Waals surface area contributed by atoms with Gasteiger partial charge in [-0.3, -0.25) is 0 Å². The molecular formula is C11H22N2O5. The van der Waals surface area contributed by atoms with Gasteiger partial charge in [-0.15, -0.1) is 0 Å². The van der Waals surface area contributed by atoms with Crippen LogP contribution in [0.25, 0.3) is 0 Å². The minimum Gasteiger partial charge on any atom is -0.480 e. The monoisotopic (exact) mass is 262 g/mol. The lowest BCUT2D eigenvalue weighted by Gasteiger charge is -2.18. The van der Waals surface area contributed by atoms with Gasteiger partial charge in [0.2, 0.25) is 0 Å². The molecule has 0 aromatic carbocycles. The van der Waals surface area contributed by atoms with E-state index in [0.717, 1.165) is 0 Å². The van der Waals surface area contributed by atoms with Gasteiger partial charge in [0.25, 0.3) is 0 Å². The standard InChI is InChI=1S/C11H22N2O5/c1-8(2)9(10(14)15)13-11(16)12-4-5-18-7-6-17-3/h8-9H,4-7H2,1-3H3,(H,14,15)(H2,12,13,16). The van der Waals surface area contributed by atoms with E-state index in [9.17, 15) is 9.59 Å². The van der Waals surface area contributed by atoms with Gasteiger partial charge in [-0.1, -0.05) is 13.8 Å². The number of nitrogens with one attached hydrogen (secondary N) is 2. The van der Waals surface area contributed by atoms with Crippen molar-refractivity contribution in [2.24, 2.45) is 5.92 Å². The molecule has 1 atom stereocenters. The highest BCUT2D eigenvalue weighted by atomic mass is 16.5. The Morgan fingerprint density at radius 1 is 1.22 bits per heavy atom. The van der Waals surface area contributed by atoms with Crippen LogP contribution in [0.2, 0.25) is 0 Å². The number of methoxy groups -OCH3 is 1. The van der Waals surface area contributed by atoms with Gasteiger partial charge in [0, 0.05) is 13.7 Å². The van der Waals surface area contributed by atoms with E-state index < -0.39 is 18.0 Å². The van der Waals surface area contributed by atoms with Gasteiger partial charge in [-0.05, 0) is 5.92 Å². The number of hydrogen-bond donors (Lipinski definition) is 3. The van der Waals surface area contributed by atoms with E-state index >= 15 is 0 Å². The third-order valence-corrected chi connectivity index (χ3v) is 2.18. The molecule has 0 fully saturated rings. The van der Waals surface area contributed by atoms with Crippen LogP contribution in [-0.2, 0) is 14.3 Å². The van der Waals surface area contributed by atoms with Crippen molar-refractivity contribution in [1.29, 1.82) is 0 Å². The summed E-state index contributed by atoms with van der Waals surface area (Å²) >= 11 is 0. The summed E-state index contributed by atoms with van der Waals surface area (Å²) in [4.78, 5) is 22.2. The molecule has 0 aliphatic heterocycles. The summed E-state index contributed by atoms with van der Waals surface area (Å²) in [6, 6.07) is -1.40. The molecule has 0 aliphatic rings. The Balaban J connectivity index is 3.72. The Bertz CT molecular complexity index is 258. The quantitative estimate of drug-likeness (QED) is 0.510. The zero-order valence-corrected chi connectivity index (χ0v) is 11.1. The Labute approximate surface area is 107 Å². The second kappa shape index (κ2) is 9.67. The summed E-state index contributed by atoms with van der Waals surface area (Å²) in [5.74, 6) is -1.22. The Morgan fingerprint density at radius 3 is 2.39 bits per heavy atom.